The summed E-state index contributed by atoms with van der Waals surface area (Å²) in [7, 11) is 3.53. The van der Waals surface area contributed by atoms with E-state index in [0.717, 1.165) is 12.1 Å². The largest absolute Gasteiger partial charge is 0.345 e. The molecule has 0 aliphatic heterocycles. The molecule has 1 fully saturated rings. The lowest BCUT2D eigenvalue weighted by atomic mass is 10.1. The third-order valence-corrected chi connectivity index (χ3v) is 3.22. The van der Waals surface area contributed by atoms with Crippen LogP contribution < -0.4 is 5.73 Å². The summed E-state index contributed by atoms with van der Waals surface area (Å²) in [5.41, 5.74) is 7.68. The molecule has 0 heterocycles. The Balaban J connectivity index is 2.08. The second-order valence-electron chi connectivity index (χ2n) is 4.66. The number of amides is 1. The van der Waals surface area contributed by atoms with Gasteiger partial charge in [0.1, 0.15) is 0 Å². The molecule has 1 aromatic carbocycles. The predicted molar refractivity (Wildman–Crippen MR) is 64.4 cm³/mol. The van der Waals surface area contributed by atoms with Crippen molar-refractivity contribution >= 4 is 5.91 Å². The number of carbonyl (C=O) groups is 1. The molecule has 1 aliphatic rings. The highest BCUT2D eigenvalue weighted by Crippen LogP contribution is 2.46. The molecule has 3 heteroatoms. The molecule has 1 aliphatic carbocycles. The maximum Gasteiger partial charge on any atom is 0.253 e. The molecular weight excluding hydrogens is 200 g/mol. The van der Waals surface area contributed by atoms with Crippen LogP contribution in [0.4, 0.5) is 0 Å². The standard InChI is InChI=1S/C13H18N2O/c1-15(2)13(16)10-5-3-9(4-6-10)12-7-11(12)8-14/h3-6,11-12H,7-8,14H2,1-2H3. The number of carbonyl (C=O) groups excluding carboxylic acids is 1. The van der Waals surface area contributed by atoms with E-state index < -0.39 is 0 Å². The number of benzene rings is 1. The fraction of sp³-hybridized carbons (Fsp3) is 0.462. The van der Waals surface area contributed by atoms with E-state index in [1.807, 2.05) is 12.1 Å². The van der Waals surface area contributed by atoms with Crippen LogP contribution >= 0.6 is 0 Å². The van der Waals surface area contributed by atoms with Crippen LogP contribution in [0.25, 0.3) is 0 Å². The van der Waals surface area contributed by atoms with Crippen molar-refractivity contribution in [3.05, 3.63) is 35.4 Å². The van der Waals surface area contributed by atoms with E-state index in [4.69, 9.17) is 5.73 Å². The number of nitrogens with zero attached hydrogens (tertiary/aromatic N) is 1. The monoisotopic (exact) mass is 218 g/mol. The molecule has 0 radical (unpaired) electrons. The quantitative estimate of drug-likeness (QED) is 0.834. The number of hydrogen-bond acceptors (Lipinski definition) is 2. The Morgan fingerprint density at radius 3 is 2.44 bits per heavy atom. The van der Waals surface area contributed by atoms with Crippen LogP contribution in [0.15, 0.2) is 24.3 Å². The Kier molecular flexibility index (Phi) is 2.97. The van der Waals surface area contributed by atoms with Crippen molar-refractivity contribution < 1.29 is 4.79 Å². The van der Waals surface area contributed by atoms with Gasteiger partial charge in [-0.1, -0.05) is 12.1 Å². The Labute approximate surface area is 96.2 Å². The van der Waals surface area contributed by atoms with Gasteiger partial charge in [-0.05, 0) is 42.5 Å². The molecule has 1 saturated carbocycles. The summed E-state index contributed by atoms with van der Waals surface area (Å²) >= 11 is 0. The average Bonchev–Trinajstić information content (AvgIpc) is 3.07. The zero-order chi connectivity index (χ0) is 11.7. The Hall–Kier alpha value is -1.35. The first-order chi connectivity index (χ1) is 7.63. The molecule has 1 aromatic rings. The van der Waals surface area contributed by atoms with Gasteiger partial charge in [-0.3, -0.25) is 4.79 Å². The minimum absolute atomic E-state index is 0.0534. The SMILES string of the molecule is CN(C)C(=O)c1ccc(C2CC2CN)cc1. The van der Waals surface area contributed by atoms with Gasteiger partial charge in [0, 0.05) is 19.7 Å². The smallest absolute Gasteiger partial charge is 0.253 e. The molecule has 0 spiro atoms. The second kappa shape index (κ2) is 4.26. The van der Waals surface area contributed by atoms with Crippen LogP contribution in [0, 0.1) is 5.92 Å². The van der Waals surface area contributed by atoms with E-state index in [0.29, 0.717) is 11.8 Å². The molecule has 16 heavy (non-hydrogen) atoms. The zero-order valence-electron chi connectivity index (χ0n) is 9.81. The molecule has 3 nitrogen and oxygen atoms in total. The fourth-order valence-corrected chi connectivity index (χ4v) is 2.05. The van der Waals surface area contributed by atoms with Gasteiger partial charge in [0.2, 0.25) is 0 Å². The maximum absolute atomic E-state index is 11.7. The van der Waals surface area contributed by atoms with Crippen molar-refractivity contribution in [1.82, 2.24) is 4.90 Å². The first-order valence-corrected chi connectivity index (χ1v) is 5.65. The highest BCUT2D eigenvalue weighted by atomic mass is 16.2. The lowest BCUT2D eigenvalue weighted by Gasteiger charge is -2.10. The van der Waals surface area contributed by atoms with Crippen LogP contribution in [0.3, 0.4) is 0 Å². The van der Waals surface area contributed by atoms with Crippen LogP contribution in [0.1, 0.15) is 28.3 Å². The molecular formula is C13H18N2O. The van der Waals surface area contributed by atoms with Gasteiger partial charge in [0.25, 0.3) is 5.91 Å². The van der Waals surface area contributed by atoms with Crippen molar-refractivity contribution in [3.8, 4) is 0 Å². The molecule has 2 atom stereocenters. The van der Waals surface area contributed by atoms with E-state index in [1.54, 1.807) is 19.0 Å². The Morgan fingerprint density at radius 2 is 2.00 bits per heavy atom. The van der Waals surface area contributed by atoms with E-state index in [-0.39, 0.29) is 5.91 Å². The summed E-state index contributed by atoms with van der Waals surface area (Å²) in [6.45, 7) is 0.767. The molecule has 2 unspecified atom stereocenters. The molecule has 2 N–H and O–H groups in total. The van der Waals surface area contributed by atoms with Crippen molar-refractivity contribution in [3.63, 3.8) is 0 Å². The van der Waals surface area contributed by atoms with Gasteiger partial charge in [-0.25, -0.2) is 0 Å². The van der Waals surface area contributed by atoms with Gasteiger partial charge < -0.3 is 10.6 Å². The fourth-order valence-electron chi connectivity index (χ4n) is 2.05. The summed E-state index contributed by atoms with van der Waals surface area (Å²) in [4.78, 5) is 13.3. The Bertz CT molecular complexity index is 383. The minimum atomic E-state index is 0.0534. The van der Waals surface area contributed by atoms with E-state index in [1.165, 1.54) is 12.0 Å². The Morgan fingerprint density at radius 1 is 1.38 bits per heavy atom. The summed E-state index contributed by atoms with van der Waals surface area (Å²) < 4.78 is 0. The van der Waals surface area contributed by atoms with Crippen LogP contribution in [0.5, 0.6) is 0 Å². The topological polar surface area (TPSA) is 46.3 Å². The number of nitrogens with two attached hydrogens (primary N) is 1. The average molecular weight is 218 g/mol. The highest BCUT2D eigenvalue weighted by Gasteiger charge is 2.36. The van der Waals surface area contributed by atoms with E-state index in [2.05, 4.69) is 12.1 Å². The second-order valence-corrected chi connectivity index (χ2v) is 4.66. The third-order valence-electron chi connectivity index (χ3n) is 3.22. The summed E-state index contributed by atoms with van der Waals surface area (Å²) in [6.07, 6.45) is 1.19. The van der Waals surface area contributed by atoms with Gasteiger partial charge in [0.15, 0.2) is 0 Å². The molecule has 0 bridgehead atoms. The van der Waals surface area contributed by atoms with Crippen LogP contribution in [-0.2, 0) is 0 Å². The normalized spacial score (nSPS) is 22.9. The first kappa shape index (κ1) is 11.1. The van der Waals surface area contributed by atoms with Gasteiger partial charge in [-0.15, -0.1) is 0 Å². The minimum Gasteiger partial charge on any atom is -0.345 e. The van der Waals surface area contributed by atoms with Gasteiger partial charge in [0.05, 0.1) is 0 Å². The summed E-state index contributed by atoms with van der Waals surface area (Å²) in [5, 5.41) is 0. The first-order valence-electron chi connectivity index (χ1n) is 5.65. The predicted octanol–water partition coefficient (Wildman–Crippen LogP) is 1.45. The molecule has 86 valence electrons. The molecule has 0 aromatic heterocycles. The molecule has 0 saturated heterocycles. The summed E-state index contributed by atoms with van der Waals surface area (Å²) in [6, 6.07) is 7.92. The number of hydrogen-bond donors (Lipinski definition) is 1. The van der Waals surface area contributed by atoms with Crippen molar-refractivity contribution in [2.45, 2.75) is 12.3 Å². The molecule has 2 rings (SSSR count). The molecule has 1 amide bonds. The van der Waals surface area contributed by atoms with Crippen molar-refractivity contribution in [2.24, 2.45) is 11.7 Å². The summed E-state index contributed by atoms with van der Waals surface area (Å²) in [5.74, 6) is 1.32. The zero-order valence-corrected chi connectivity index (χ0v) is 9.81. The lowest BCUT2D eigenvalue weighted by molar-refractivity contribution is 0.0827. The van der Waals surface area contributed by atoms with E-state index in [9.17, 15) is 4.79 Å². The van der Waals surface area contributed by atoms with Gasteiger partial charge in [-0.2, -0.15) is 0 Å². The van der Waals surface area contributed by atoms with Crippen LogP contribution in [-0.4, -0.2) is 31.4 Å². The van der Waals surface area contributed by atoms with Crippen LogP contribution in [0.2, 0.25) is 0 Å². The lowest BCUT2D eigenvalue weighted by Crippen LogP contribution is -2.21. The van der Waals surface area contributed by atoms with E-state index >= 15 is 0 Å². The van der Waals surface area contributed by atoms with Crippen molar-refractivity contribution in [1.29, 1.82) is 0 Å². The highest BCUT2D eigenvalue weighted by molar-refractivity contribution is 5.93. The third kappa shape index (κ3) is 2.09. The maximum atomic E-state index is 11.7. The number of rotatable bonds is 3. The van der Waals surface area contributed by atoms with Crippen molar-refractivity contribution in [2.75, 3.05) is 20.6 Å². The van der Waals surface area contributed by atoms with Gasteiger partial charge >= 0.3 is 0 Å².